The van der Waals surface area contributed by atoms with Gasteiger partial charge in [0.25, 0.3) is 11.6 Å². The molecule has 9 heteroatoms. The van der Waals surface area contributed by atoms with Gasteiger partial charge in [-0.25, -0.2) is 9.67 Å². The first-order chi connectivity index (χ1) is 17.1. The van der Waals surface area contributed by atoms with Crippen LogP contribution in [0.5, 0.6) is 0 Å². The summed E-state index contributed by atoms with van der Waals surface area (Å²) in [6.07, 6.45) is 5.14. The molecule has 5 rings (SSSR count). The van der Waals surface area contributed by atoms with Crippen LogP contribution < -0.4 is 10.6 Å². The first-order valence-corrected chi connectivity index (χ1v) is 10.8. The van der Waals surface area contributed by atoms with Crippen molar-refractivity contribution in [1.82, 2.24) is 14.8 Å². The van der Waals surface area contributed by atoms with Gasteiger partial charge < -0.3 is 10.6 Å². The van der Waals surface area contributed by atoms with Gasteiger partial charge in [-0.2, -0.15) is 5.10 Å². The van der Waals surface area contributed by atoms with E-state index in [1.165, 1.54) is 6.07 Å². The highest BCUT2D eigenvalue weighted by atomic mass is 16.6. The Kier molecular flexibility index (Phi) is 5.87. The smallest absolute Gasteiger partial charge is 0.293 e. The zero-order valence-electron chi connectivity index (χ0n) is 18.5. The summed E-state index contributed by atoms with van der Waals surface area (Å²) in [5.74, 6) is 0.250. The van der Waals surface area contributed by atoms with Gasteiger partial charge in [-0.15, -0.1) is 0 Å². The second-order valence-electron chi connectivity index (χ2n) is 7.83. The summed E-state index contributed by atoms with van der Waals surface area (Å²) in [7, 11) is 0. The molecule has 0 aliphatic carbocycles. The lowest BCUT2D eigenvalue weighted by molar-refractivity contribution is -0.384. The number of amides is 1. The Morgan fingerprint density at radius 3 is 2.57 bits per heavy atom. The molecule has 35 heavy (non-hydrogen) atoms. The van der Waals surface area contributed by atoms with E-state index in [0.29, 0.717) is 23.7 Å². The van der Waals surface area contributed by atoms with Crippen LogP contribution in [0, 0.1) is 10.1 Å². The minimum absolute atomic E-state index is 0.183. The molecule has 0 bridgehead atoms. The highest BCUT2D eigenvalue weighted by Gasteiger charge is 2.18. The van der Waals surface area contributed by atoms with Crippen LogP contribution in [0.25, 0.3) is 16.6 Å². The minimum atomic E-state index is -0.506. The summed E-state index contributed by atoms with van der Waals surface area (Å²) >= 11 is 0. The molecular weight excluding hydrogens is 444 g/mol. The van der Waals surface area contributed by atoms with Crippen molar-refractivity contribution in [3.63, 3.8) is 0 Å². The molecule has 2 heterocycles. The van der Waals surface area contributed by atoms with E-state index >= 15 is 0 Å². The van der Waals surface area contributed by atoms with Gasteiger partial charge in [-0.05, 0) is 52.7 Å². The number of nitro groups is 1. The van der Waals surface area contributed by atoms with Crippen LogP contribution in [-0.2, 0) is 6.54 Å². The first kappa shape index (κ1) is 21.8. The number of benzene rings is 3. The molecule has 5 aromatic rings. The van der Waals surface area contributed by atoms with E-state index in [4.69, 9.17) is 0 Å². The number of carbonyl (C=O) groups excluding carboxylic acids is 1. The topological polar surface area (TPSA) is 115 Å². The molecule has 172 valence electrons. The number of fused-ring (bicyclic) bond motifs is 1. The SMILES string of the molecule is O=C(Nc1ccc2ccccc2c1)c1ccc(NCc2ccc(-n3cccn3)nc2)c([N+](=O)[O-])c1. The van der Waals surface area contributed by atoms with Crippen molar-refractivity contribution in [2.45, 2.75) is 6.54 Å². The van der Waals surface area contributed by atoms with Gasteiger partial charge >= 0.3 is 0 Å². The van der Waals surface area contributed by atoms with E-state index in [2.05, 4.69) is 20.7 Å². The Bertz CT molecular complexity index is 1510. The number of aromatic nitrogens is 3. The predicted molar refractivity (Wildman–Crippen MR) is 134 cm³/mol. The molecule has 0 saturated heterocycles. The lowest BCUT2D eigenvalue weighted by Crippen LogP contribution is -2.13. The van der Waals surface area contributed by atoms with E-state index < -0.39 is 10.8 Å². The molecule has 2 aromatic heterocycles. The molecule has 1 amide bonds. The number of anilines is 2. The largest absolute Gasteiger partial charge is 0.375 e. The summed E-state index contributed by atoms with van der Waals surface area (Å²) < 4.78 is 1.64. The van der Waals surface area contributed by atoms with Crippen LogP contribution in [0.15, 0.2) is 97.5 Å². The Morgan fingerprint density at radius 2 is 1.83 bits per heavy atom. The van der Waals surface area contributed by atoms with Crippen molar-refractivity contribution >= 4 is 33.7 Å². The van der Waals surface area contributed by atoms with Gasteiger partial charge in [0.1, 0.15) is 5.69 Å². The number of hydrogen-bond acceptors (Lipinski definition) is 6. The lowest BCUT2D eigenvalue weighted by atomic mass is 10.1. The van der Waals surface area contributed by atoms with Crippen LogP contribution in [0.3, 0.4) is 0 Å². The Balaban J connectivity index is 1.29. The number of nitrogens with zero attached hydrogens (tertiary/aromatic N) is 4. The molecule has 0 radical (unpaired) electrons. The van der Waals surface area contributed by atoms with Gasteiger partial charge in [0.2, 0.25) is 0 Å². The van der Waals surface area contributed by atoms with Crippen molar-refractivity contribution < 1.29 is 9.72 Å². The fourth-order valence-corrected chi connectivity index (χ4v) is 3.70. The Hall–Kier alpha value is -5.05. The van der Waals surface area contributed by atoms with Crippen molar-refractivity contribution in [1.29, 1.82) is 0 Å². The summed E-state index contributed by atoms with van der Waals surface area (Å²) in [5, 5.41) is 23.8. The van der Waals surface area contributed by atoms with E-state index in [9.17, 15) is 14.9 Å². The first-order valence-electron chi connectivity index (χ1n) is 10.8. The molecule has 2 N–H and O–H groups in total. The fraction of sp³-hybridized carbons (Fsp3) is 0.0385. The third-order valence-electron chi connectivity index (χ3n) is 5.50. The third kappa shape index (κ3) is 4.83. The summed E-state index contributed by atoms with van der Waals surface area (Å²) in [6, 6.07) is 23.3. The molecule has 0 aliphatic rings. The van der Waals surface area contributed by atoms with Crippen LogP contribution in [0.1, 0.15) is 15.9 Å². The van der Waals surface area contributed by atoms with Crippen LogP contribution in [-0.4, -0.2) is 25.6 Å². The minimum Gasteiger partial charge on any atom is -0.375 e. The Labute approximate surface area is 200 Å². The number of nitro benzene ring substituents is 1. The summed E-state index contributed by atoms with van der Waals surface area (Å²) in [4.78, 5) is 28.3. The van der Waals surface area contributed by atoms with Crippen molar-refractivity contribution in [3.8, 4) is 5.82 Å². The Morgan fingerprint density at radius 1 is 0.971 bits per heavy atom. The maximum atomic E-state index is 12.8. The maximum Gasteiger partial charge on any atom is 0.293 e. The quantitative estimate of drug-likeness (QED) is 0.253. The van der Waals surface area contributed by atoms with Crippen LogP contribution in [0.4, 0.5) is 17.1 Å². The summed E-state index contributed by atoms with van der Waals surface area (Å²) in [5.41, 5.74) is 1.78. The number of pyridine rings is 1. The monoisotopic (exact) mass is 464 g/mol. The third-order valence-corrected chi connectivity index (χ3v) is 5.50. The zero-order chi connectivity index (χ0) is 24.2. The molecule has 0 saturated carbocycles. The highest BCUT2D eigenvalue weighted by molar-refractivity contribution is 6.06. The van der Waals surface area contributed by atoms with Gasteiger partial charge in [-0.1, -0.05) is 36.4 Å². The van der Waals surface area contributed by atoms with Gasteiger partial charge in [0.15, 0.2) is 5.82 Å². The van der Waals surface area contributed by atoms with Crippen molar-refractivity contribution in [2.24, 2.45) is 0 Å². The summed E-state index contributed by atoms with van der Waals surface area (Å²) in [6.45, 7) is 0.329. The normalized spacial score (nSPS) is 10.7. The van der Waals surface area contributed by atoms with Crippen molar-refractivity contribution in [2.75, 3.05) is 10.6 Å². The second kappa shape index (κ2) is 9.44. The molecule has 0 aliphatic heterocycles. The second-order valence-corrected chi connectivity index (χ2v) is 7.83. The number of nitrogens with one attached hydrogen (secondary N) is 2. The lowest BCUT2D eigenvalue weighted by Gasteiger charge is -2.10. The molecular formula is C26H20N6O3. The zero-order valence-corrected chi connectivity index (χ0v) is 18.5. The molecule has 0 fully saturated rings. The van der Waals surface area contributed by atoms with E-state index in [0.717, 1.165) is 16.3 Å². The van der Waals surface area contributed by atoms with E-state index in [1.54, 1.807) is 41.5 Å². The van der Waals surface area contributed by atoms with E-state index in [-0.39, 0.29) is 11.3 Å². The van der Waals surface area contributed by atoms with Gasteiger partial charge in [-0.3, -0.25) is 14.9 Å². The van der Waals surface area contributed by atoms with Crippen molar-refractivity contribution in [3.05, 3.63) is 119 Å². The number of hydrogen-bond donors (Lipinski definition) is 2. The molecule has 3 aromatic carbocycles. The molecule has 0 atom stereocenters. The fourth-order valence-electron chi connectivity index (χ4n) is 3.70. The van der Waals surface area contributed by atoms with Crippen LogP contribution in [0.2, 0.25) is 0 Å². The van der Waals surface area contributed by atoms with Gasteiger partial charge in [0, 0.05) is 42.5 Å². The highest BCUT2D eigenvalue weighted by Crippen LogP contribution is 2.27. The molecule has 0 unspecified atom stereocenters. The average molecular weight is 464 g/mol. The molecule has 0 spiro atoms. The van der Waals surface area contributed by atoms with E-state index in [1.807, 2.05) is 54.6 Å². The molecule has 9 nitrogen and oxygen atoms in total. The average Bonchev–Trinajstić information content (AvgIpc) is 3.43. The number of rotatable bonds is 7. The maximum absolute atomic E-state index is 12.8. The standard InChI is InChI=1S/C26H20N6O3/c33-26(30-22-9-7-19-4-1-2-5-20(19)14-22)21-8-10-23(24(15-21)32(34)35)27-16-18-6-11-25(28-17-18)31-13-3-12-29-31/h1-15,17,27H,16H2,(H,30,33). The number of carbonyl (C=O) groups is 1. The van der Waals surface area contributed by atoms with Crippen LogP contribution >= 0.6 is 0 Å². The van der Waals surface area contributed by atoms with Gasteiger partial charge in [0.05, 0.1) is 4.92 Å². The predicted octanol–water partition coefficient (Wildman–Crippen LogP) is 5.19.